The molecule has 0 bridgehead atoms. The predicted octanol–water partition coefficient (Wildman–Crippen LogP) is 1.38. The average molecular weight is 353 g/mol. The van der Waals surface area contributed by atoms with Crippen molar-refractivity contribution in [2.45, 2.75) is 44.9 Å². The van der Waals surface area contributed by atoms with Crippen LogP contribution in [0.3, 0.4) is 0 Å². The summed E-state index contributed by atoms with van der Waals surface area (Å²) in [6, 6.07) is 4.30. The highest BCUT2D eigenvalue weighted by molar-refractivity contribution is 5.77. The van der Waals surface area contributed by atoms with Gasteiger partial charge in [0.2, 0.25) is 6.79 Å². The van der Waals surface area contributed by atoms with Crippen molar-refractivity contribution in [3.63, 3.8) is 0 Å². The summed E-state index contributed by atoms with van der Waals surface area (Å²) >= 11 is 0. The van der Waals surface area contributed by atoms with E-state index < -0.39 is 29.8 Å². The monoisotopic (exact) mass is 353 g/mol. The molecule has 8 heteroatoms. The molecule has 1 aromatic carbocycles. The molecule has 25 heavy (non-hydrogen) atoms. The van der Waals surface area contributed by atoms with Crippen LogP contribution in [-0.4, -0.2) is 48.8 Å². The molecule has 0 fully saturated rings. The second-order valence-electron chi connectivity index (χ2n) is 6.61. The largest absolute Gasteiger partial charge is 0.458 e. The smallest absolute Gasteiger partial charge is 0.407 e. The number of aliphatic hydroxyl groups is 1. The Hall–Kier alpha value is -2.48. The lowest BCUT2D eigenvalue weighted by molar-refractivity contribution is -0.166. The van der Waals surface area contributed by atoms with E-state index in [-0.39, 0.29) is 13.2 Å². The highest BCUT2D eigenvalue weighted by Crippen LogP contribution is 2.33. The Morgan fingerprint density at radius 1 is 1.28 bits per heavy atom. The average Bonchev–Trinajstić information content (AvgIpc) is 2.99. The minimum atomic E-state index is -1.55. The lowest BCUT2D eigenvalue weighted by atomic mass is 10.0. The highest BCUT2D eigenvalue weighted by Gasteiger charge is 2.32. The second kappa shape index (κ2) is 7.60. The number of methoxy groups -OCH3 is 1. The number of hydrogen-bond acceptors (Lipinski definition) is 7. The van der Waals surface area contributed by atoms with Crippen LogP contribution >= 0.6 is 0 Å². The van der Waals surface area contributed by atoms with Gasteiger partial charge in [-0.25, -0.2) is 9.59 Å². The van der Waals surface area contributed by atoms with Crippen LogP contribution in [-0.2, 0) is 20.7 Å². The van der Waals surface area contributed by atoms with E-state index in [4.69, 9.17) is 14.2 Å². The Morgan fingerprint density at radius 3 is 2.60 bits per heavy atom. The van der Waals surface area contributed by atoms with E-state index in [1.807, 2.05) is 0 Å². The number of carbonyl (C=O) groups excluding carboxylic acids is 2. The van der Waals surface area contributed by atoms with Gasteiger partial charge in [0.25, 0.3) is 0 Å². The van der Waals surface area contributed by atoms with E-state index in [0.717, 1.165) is 5.56 Å². The van der Waals surface area contributed by atoms with Crippen LogP contribution in [0.4, 0.5) is 4.79 Å². The van der Waals surface area contributed by atoms with Gasteiger partial charge < -0.3 is 29.4 Å². The van der Waals surface area contributed by atoms with Crippen LogP contribution in [0.2, 0.25) is 0 Å². The first-order valence-corrected chi connectivity index (χ1v) is 7.83. The van der Waals surface area contributed by atoms with Crippen molar-refractivity contribution >= 4 is 12.1 Å². The third kappa shape index (κ3) is 5.25. The van der Waals surface area contributed by atoms with E-state index in [0.29, 0.717) is 11.5 Å². The predicted molar refractivity (Wildman–Crippen MR) is 87.4 cm³/mol. The summed E-state index contributed by atoms with van der Waals surface area (Å²) in [4.78, 5) is 23.7. The summed E-state index contributed by atoms with van der Waals surface area (Å²) in [6.07, 6.45) is -2.14. The van der Waals surface area contributed by atoms with Gasteiger partial charge in [-0.15, -0.1) is 0 Å². The van der Waals surface area contributed by atoms with Crippen molar-refractivity contribution in [1.29, 1.82) is 0 Å². The number of ether oxygens (including phenoxy) is 4. The molecule has 0 spiro atoms. The number of nitrogens with one attached hydrogen (secondary N) is 1. The topological polar surface area (TPSA) is 103 Å². The van der Waals surface area contributed by atoms with Crippen LogP contribution in [0.25, 0.3) is 0 Å². The number of esters is 1. The molecule has 1 aromatic rings. The summed E-state index contributed by atoms with van der Waals surface area (Å²) in [6.45, 7) is 5.22. The van der Waals surface area contributed by atoms with E-state index in [9.17, 15) is 14.7 Å². The van der Waals surface area contributed by atoms with Crippen LogP contribution in [0.1, 0.15) is 26.3 Å². The fourth-order valence-corrected chi connectivity index (χ4v) is 2.30. The molecule has 0 aliphatic carbocycles. The zero-order chi connectivity index (χ0) is 18.6. The number of alkyl carbamates (subject to hydrolysis) is 1. The summed E-state index contributed by atoms with van der Waals surface area (Å²) in [5, 5.41) is 12.8. The van der Waals surface area contributed by atoms with Crippen molar-refractivity contribution in [2.75, 3.05) is 13.9 Å². The summed E-state index contributed by atoms with van der Waals surface area (Å²) in [7, 11) is 1.20. The molecular formula is C17H23NO7. The van der Waals surface area contributed by atoms with E-state index >= 15 is 0 Å². The van der Waals surface area contributed by atoms with Crippen molar-refractivity contribution in [2.24, 2.45) is 0 Å². The Bertz CT molecular complexity index is 638. The number of amides is 1. The molecule has 8 nitrogen and oxygen atoms in total. The number of rotatable bonds is 5. The number of benzene rings is 1. The van der Waals surface area contributed by atoms with Gasteiger partial charge in [0.1, 0.15) is 5.60 Å². The molecule has 1 amide bonds. The third-order valence-corrected chi connectivity index (χ3v) is 3.41. The van der Waals surface area contributed by atoms with Gasteiger partial charge in [0.05, 0.1) is 13.2 Å². The maximum Gasteiger partial charge on any atom is 0.407 e. The molecule has 0 saturated heterocycles. The fraction of sp³-hybridized carbons (Fsp3) is 0.529. The normalized spacial score (nSPS) is 15.2. The van der Waals surface area contributed by atoms with E-state index in [1.54, 1.807) is 39.0 Å². The van der Waals surface area contributed by atoms with E-state index in [1.165, 1.54) is 7.11 Å². The highest BCUT2D eigenvalue weighted by atomic mass is 16.7. The molecular weight excluding hydrogens is 330 g/mol. The zero-order valence-electron chi connectivity index (χ0n) is 14.7. The van der Waals surface area contributed by atoms with Crippen molar-refractivity contribution in [1.82, 2.24) is 5.32 Å². The molecule has 0 saturated carbocycles. The van der Waals surface area contributed by atoms with Gasteiger partial charge in [-0.05, 0) is 44.9 Å². The van der Waals surface area contributed by atoms with Gasteiger partial charge in [-0.1, -0.05) is 6.07 Å². The Balaban J connectivity index is 2.14. The minimum absolute atomic E-state index is 0.142. The van der Waals surface area contributed by atoms with Crippen molar-refractivity contribution in [3.05, 3.63) is 23.8 Å². The molecule has 0 radical (unpaired) electrons. The first kappa shape index (κ1) is 18.9. The Labute approximate surface area is 146 Å². The van der Waals surface area contributed by atoms with Gasteiger partial charge >= 0.3 is 12.1 Å². The summed E-state index contributed by atoms with van der Waals surface area (Å²) < 4.78 is 20.3. The maximum absolute atomic E-state index is 12.1. The van der Waals surface area contributed by atoms with Crippen LogP contribution in [0, 0.1) is 0 Å². The molecule has 2 N–H and O–H groups in total. The van der Waals surface area contributed by atoms with Crippen LogP contribution < -0.4 is 14.8 Å². The van der Waals surface area contributed by atoms with Gasteiger partial charge in [-0.3, -0.25) is 0 Å². The molecule has 1 aliphatic rings. The molecule has 0 aromatic heterocycles. The molecule has 1 aliphatic heterocycles. The number of hydrogen-bond donors (Lipinski definition) is 2. The molecule has 138 valence electrons. The number of aliphatic hydroxyl groups excluding tert-OH is 1. The van der Waals surface area contributed by atoms with Gasteiger partial charge in [-0.2, -0.15) is 0 Å². The quantitative estimate of drug-likeness (QED) is 0.771. The standard InChI is InChI=1S/C17H23NO7/c1-17(2,3)25-15(20)14(19)11(18-16(21)22-4)7-10-5-6-12-13(8-10)24-9-23-12/h5-6,8,11,14,19H,7,9H2,1-4H3,(H,18,21). The molecule has 2 unspecified atom stereocenters. The Morgan fingerprint density at radius 2 is 1.96 bits per heavy atom. The van der Waals surface area contributed by atoms with Crippen molar-refractivity contribution in [3.8, 4) is 11.5 Å². The summed E-state index contributed by atoms with van der Waals surface area (Å²) in [5.74, 6) is 0.365. The van der Waals surface area contributed by atoms with Crippen LogP contribution in [0.15, 0.2) is 18.2 Å². The third-order valence-electron chi connectivity index (χ3n) is 3.41. The SMILES string of the molecule is COC(=O)NC(Cc1ccc2c(c1)OCO2)C(O)C(=O)OC(C)(C)C. The number of carbonyl (C=O) groups is 2. The second-order valence-corrected chi connectivity index (χ2v) is 6.61. The molecule has 2 atom stereocenters. The Kier molecular flexibility index (Phi) is 5.73. The molecule has 2 rings (SSSR count). The van der Waals surface area contributed by atoms with Crippen molar-refractivity contribution < 1.29 is 33.6 Å². The lowest BCUT2D eigenvalue weighted by Crippen LogP contribution is -2.50. The molecule has 1 heterocycles. The fourth-order valence-electron chi connectivity index (χ4n) is 2.30. The van der Waals surface area contributed by atoms with Gasteiger partial charge in [0.15, 0.2) is 17.6 Å². The first-order chi connectivity index (χ1) is 11.7. The van der Waals surface area contributed by atoms with Crippen LogP contribution in [0.5, 0.6) is 11.5 Å². The first-order valence-electron chi connectivity index (χ1n) is 7.83. The van der Waals surface area contributed by atoms with Gasteiger partial charge in [0, 0.05) is 0 Å². The number of fused-ring (bicyclic) bond motifs is 1. The lowest BCUT2D eigenvalue weighted by Gasteiger charge is -2.26. The summed E-state index contributed by atoms with van der Waals surface area (Å²) in [5.41, 5.74) is -0.0136. The maximum atomic E-state index is 12.1. The minimum Gasteiger partial charge on any atom is -0.458 e. The van der Waals surface area contributed by atoms with E-state index in [2.05, 4.69) is 10.1 Å². The zero-order valence-corrected chi connectivity index (χ0v) is 14.7.